The van der Waals surface area contributed by atoms with Crippen molar-refractivity contribution in [1.29, 1.82) is 0 Å². The molecule has 6 nitrogen and oxygen atoms in total. The van der Waals surface area contributed by atoms with E-state index in [1.807, 2.05) is 33.8 Å². The van der Waals surface area contributed by atoms with Crippen LogP contribution in [-0.4, -0.2) is 54.0 Å². The van der Waals surface area contributed by atoms with Gasteiger partial charge in [-0.05, 0) is 87.5 Å². The number of piperidine rings is 1. The monoisotopic (exact) mass is 449 g/mol. The van der Waals surface area contributed by atoms with Gasteiger partial charge in [-0.15, -0.1) is 0 Å². The zero-order valence-electron chi connectivity index (χ0n) is 19.7. The van der Waals surface area contributed by atoms with Crippen LogP contribution < -0.4 is 0 Å². The Labute approximate surface area is 190 Å². The maximum absolute atomic E-state index is 15.1. The molecule has 0 aliphatic carbocycles. The van der Waals surface area contributed by atoms with Crippen LogP contribution in [0.25, 0.3) is 0 Å². The van der Waals surface area contributed by atoms with Crippen LogP contribution >= 0.6 is 0 Å². The van der Waals surface area contributed by atoms with Gasteiger partial charge >= 0.3 is 12.1 Å². The molecule has 2 saturated heterocycles. The fraction of sp³-hybridized carbons (Fsp3) is 0.680. The standard InChI is InChI=1S/C25H36FNO5/c1-5-19-20(14-18(15-21(19)26)16-8-12-31-13-9-16)22(23(28)29)17-6-10-27(11-7-17)24(30)32-25(2,3)4/h14-17,22H,5-13H2,1-4H3,(H,28,29)/t22-/m0/s1. The molecule has 1 N–H and O–H groups in total. The Bertz CT molecular complexity index is 820. The summed E-state index contributed by atoms with van der Waals surface area (Å²) in [6.07, 6.45) is 2.79. The van der Waals surface area contributed by atoms with Gasteiger partial charge in [-0.25, -0.2) is 9.18 Å². The van der Waals surface area contributed by atoms with Crippen LogP contribution in [0.15, 0.2) is 12.1 Å². The molecule has 0 radical (unpaired) electrons. The summed E-state index contributed by atoms with van der Waals surface area (Å²) in [5, 5.41) is 10.2. The SMILES string of the molecule is CCc1c(F)cc(C2CCOCC2)cc1[C@@H](C(=O)O)C1CCN(C(=O)OC(C)(C)C)CC1. The van der Waals surface area contributed by atoms with Gasteiger partial charge in [0.25, 0.3) is 0 Å². The first-order valence-electron chi connectivity index (χ1n) is 11.7. The van der Waals surface area contributed by atoms with Gasteiger partial charge in [0.15, 0.2) is 0 Å². The normalized spacial score (nSPS) is 19.6. The lowest BCUT2D eigenvalue weighted by Gasteiger charge is -2.36. The van der Waals surface area contributed by atoms with E-state index in [1.54, 1.807) is 11.0 Å². The second kappa shape index (κ2) is 10.2. The molecule has 2 aliphatic rings. The molecule has 0 saturated carbocycles. The van der Waals surface area contributed by atoms with Crippen molar-refractivity contribution in [3.8, 4) is 0 Å². The van der Waals surface area contributed by atoms with Crippen molar-refractivity contribution in [2.75, 3.05) is 26.3 Å². The lowest BCUT2D eigenvalue weighted by molar-refractivity contribution is -0.140. The number of ether oxygens (including phenoxy) is 2. The number of carbonyl (C=O) groups is 2. The summed E-state index contributed by atoms with van der Waals surface area (Å²) < 4.78 is 26.0. The number of carboxylic acids is 1. The van der Waals surface area contributed by atoms with Crippen LogP contribution in [0.4, 0.5) is 9.18 Å². The molecule has 32 heavy (non-hydrogen) atoms. The molecule has 2 aliphatic heterocycles. The highest BCUT2D eigenvalue weighted by atomic mass is 19.1. The first kappa shape index (κ1) is 24.5. The van der Waals surface area contributed by atoms with Gasteiger partial charge in [0, 0.05) is 26.3 Å². The number of carbonyl (C=O) groups excluding carboxylic acids is 1. The van der Waals surface area contributed by atoms with Crippen molar-refractivity contribution in [2.45, 2.75) is 77.2 Å². The van der Waals surface area contributed by atoms with Crippen LogP contribution in [0.2, 0.25) is 0 Å². The van der Waals surface area contributed by atoms with Gasteiger partial charge in [0.2, 0.25) is 0 Å². The largest absolute Gasteiger partial charge is 0.481 e. The third-order valence-corrected chi connectivity index (χ3v) is 6.56. The van der Waals surface area contributed by atoms with Crippen molar-refractivity contribution < 1.29 is 28.6 Å². The number of halogens is 1. The molecule has 7 heteroatoms. The molecule has 0 bridgehead atoms. The number of nitrogens with zero attached hydrogens (tertiary/aromatic N) is 1. The zero-order chi connectivity index (χ0) is 23.5. The molecule has 1 aromatic rings. The first-order chi connectivity index (χ1) is 15.1. The average molecular weight is 450 g/mol. The molecule has 0 aromatic heterocycles. The molecule has 178 valence electrons. The van der Waals surface area contributed by atoms with E-state index in [4.69, 9.17) is 9.47 Å². The van der Waals surface area contributed by atoms with Crippen molar-refractivity contribution in [1.82, 2.24) is 4.90 Å². The number of hydrogen-bond acceptors (Lipinski definition) is 4. The molecule has 2 fully saturated rings. The summed E-state index contributed by atoms with van der Waals surface area (Å²) in [6, 6.07) is 3.51. The minimum Gasteiger partial charge on any atom is -0.481 e. The van der Waals surface area contributed by atoms with Crippen LogP contribution in [-0.2, 0) is 20.7 Å². The van der Waals surface area contributed by atoms with E-state index in [0.29, 0.717) is 56.7 Å². The molecule has 1 atom stereocenters. The number of hydrogen-bond donors (Lipinski definition) is 1. The summed E-state index contributed by atoms with van der Waals surface area (Å²) in [6.45, 7) is 9.49. The number of carboxylic acid groups (broad SMARTS) is 1. The maximum atomic E-state index is 15.1. The number of aliphatic carboxylic acids is 1. The summed E-state index contributed by atoms with van der Waals surface area (Å²) in [7, 11) is 0. The summed E-state index contributed by atoms with van der Waals surface area (Å²) in [5.41, 5.74) is 1.38. The maximum Gasteiger partial charge on any atom is 0.410 e. The Morgan fingerprint density at radius 1 is 1.19 bits per heavy atom. The van der Waals surface area contributed by atoms with Gasteiger partial charge in [0.05, 0.1) is 5.92 Å². The fourth-order valence-electron chi connectivity index (χ4n) is 4.93. The van der Waals surface area contributed by atoms with E-state index in [9.17, 15) is 14.7 Å². The van der Waals surface area contributed by atoms with Crippen LogP contribution in [0.5, 0.6) is 0 Å². The third kappa shape index (κ3) is 5.80. The number of rotatable bonds is 5. The van der Waals surface area contributed by atoms with E-state index in [2.05, 4.69) is 0 Å². The molecule has 1 amide bonds. The van der Waals surface area contributed by atoms with Crippen molar-refractivity contribution >= 4 is 12.1 Å². The highest BCUT2D eigenvalue weighted by molar-refractivity contribution is 5.77. The van der Waals surface area contributed by atoms with Crippen LogP contribution in [0.3, 0.4) is 0 Å². The van der Waals surface area contributed by atoms with Crippen LogP contribution in [0, 0.1) is 11.7 Å². The number of benzene rings is 1. The number of amides is 1. The highest BCUT2D eigenvalue weighted by Gasteiger charge is 2.37. The molecule has 2 heterocycles. The van der Waals surface area contributed by atoms with E-state index in [-0.39, 0.29) is 23.7 Å². The summed E-state index contributed by atoms with van der Waals surface area (Å²) in [4.78, 5) is 26.4. The Balaban J connectivity index is 1.83. The Hall–Kier alpha value is -2.15. The lowest BCUT2D eigenvalue weighted by Crippen LogP contribution is -2.43. The molecule has 0 spiro atoms. The zero-order valence-corrected chi connectivity index (χ0v) is 19.7. The lowest BCUT2D eigenvalue weighted by atomic mass is 9.76. The Morgan fingerprint density at radius 2 is 1.81 bits per heavy atom. The summed E-state index contributed by atoms with van der Waals surface area (Å²) in [5.74, 6) is -2.02. The van der Waals surface area contributed by atoms with Gasteiger partial charge in [-0.3, -0.25) is 4.79 Å². The van der Waals surface area contributed by atoms with Gasteiger partial charge < -0.3 is 19.5 Å². The van der Waals surface area contributed by atoms with Crippen molar-refractivity contribution in [3.05, 3.63) is 34.6 Å². The van der Waals surface area contributed by atoms with Crippen LogP contribution in [0.1, 0.15) is 81.9 Å². The van der Waals surface area contributed by atoms with E-state index in [1.165, 1.54) is 0 Å². The second-order valence-electron chi connectivity index (χ2n) is 9.93. The fourth-order valence-corrected chi connectivity index (χ4v) is 4.93. The first-order valence-corrected chi connectivity index (χ1v) is 11.7. The third-order valence-electron chi connectivity index (χ3n) is 6.56. The molecule has 3 rings (SSSR count). The number of likely N-dealkylation sites (tertiary alicyclic amines) is 1. The van der Waals surface area contributed by atoms with E-state index < -0.39 is 17.5 Å². The van der Waals surface area contributed by atoms with Gasteiger partial charge in [0.1, 0.15) is 11.4 Å². The quantitative estimate of drug-likeness (QED) is 0.677. The Kier molecular flexibility index (Phi) is 7.80. The topological polar surface area (TPSA) is 76.1 Å². The minimum absolute atomic E-state index is 0.166. The minimum atomic E-state index is -0.932. The predicted octanol–water partition coefficient (Wildman–Crippen LogP) is 5.10. The average Bonchev–Trinajstić information content (AvgIpc) is 2.73. The van der Waals surface area contributed by atoms with Crippen molar-refractivity contribution in [2.24, 2.45) is 5.92 Å². The molecule has 1 aromatic carbocycles. The van der Waals surface area contributed by atoms with Gasteiger partial charge in [-0.2, -0.15) is 0 Å². The van der Waals surface area contributed by atoms with Gasteiger partial charge in [-0.1, -0.05) is 13.0 Å². The predicted molar refractivity (Wildman–Crippen MR) is 119 cm³/mol. The molecular weight excluding hydrogens is 413 g/mol. The van der Waals surface area contributed by atoms with E-state index in [0.717, 1.165) is 18.4 Å². The summed E-state index contributed by atoms with van der Waals surface area (Å²) >= 11 is 0. The second-order valence-corrected chi connectivity index (χ2v) is 9.93. The van der Waals surface area contributed by atoms with Crippen molar-refractivity contribution in [3.63, 3.8) is 0 Å². The molecular formula is C25H36FNO5. The molecule has 0 unspecified atom stereocenters. The Morgan fingerprint density at radius 3 is 2.34 bits per heavy atom. The smallest absolute Gasteiger partial charge is 0.410 e. The van der Waals surface area contributed by atoms with E-state index >= 15 is 4.39 Å². The highest BCUT2D eigenvalue weighted by Crippen LogP contribution is 2.39.